The molecule has 0 saturated carbocycles. The van der Waals surface area contributed by atoms with Crippen LogP contribution in [-0.4, -0.2) is 14.2 Å². The standard InChI is InChI=1S/C68H52N2O2/c1-5-43-23-27-47(28-24-43)69(49-31-35-51(71-3)36-32-49)59-41-39-57-63-53(59)19-13-21-55(63)65-61(45-15-9-7-10-16-45)68-58-40-42-60(70(48-29-25-44(6-2)26-30-48)50-33-37-52(72-4)38-34-50)54-20-14-22-56(64(54)58)66(68)62(67(57)65)46-17-11-8-12-18-46/h7-42H,5-6H2,1-4H3. The van der Waals surface area contributed by atoms with E-state index in [-0.39, 0.29) is 0 Å². The van der Waals surface area contributed by atoms with Gasteiger partial charge in [-0.25, -0.2) is 0 Å². The minimum atomic E-state index is 0.829. The highest BCUT2D eigenvalue weighted by molar-refractivity contribution is 6.47. The van der Waals surface area contributed by atoms with Gasteiger partial charge in [-0.3, -0.25) is 0 Å². The summed E-state index contributed by atoms with van der Waals surface area (Å²) in [5.41, 5.74) is 14.1. The lowest BCUT2D eigenvalue weighted by Crippen LogP contribution is -2.10. The molecule has 0 saturated heterocycles. The van der Waals surface area contributed by atoms with Crippen molar-refractivity contribution in [1.29, 1.82) is 0 Å². The zero-order valence-corrected chi connectivity index (χ0v) is 40.9. The Labute approximate surface area is 420 Å². The summed E-state index contributed by atoms with van der Waals surface area (Å²) in [6.07, 6.45) is 1.96. The summed E-state index contributed by atoms with van der Waals surface area (Å²) in [5.74, 6) is 1.66. The van der Waals surface area contributed by atoms with Gasteiger partial charge >= 0.3 is 0 Å². The van der Waals surface area contributed by atoms with Crippen molar-refractivity contribution in [2.45, 2.75) is 26.7 Å². The van der Waals surface area contributed by atoms with Crippen LogP contribution in [0.2, 0.25) is 0 Å². The molecule has 0 fully saturated rings. The van der Waals surface area contributed by atoms with Crippen LogP contribution < -0.4 is 19.3 Å². The highest BCUT2D eigenvalue weighted by Gasteiger charge is 2.30. The van der Waals surface area contributed by atoms with Gasteiger partial charge in [0.1, 0.15) is 11.5 Å². The number of hydrogen-bond acceptors (Lipinski definition) is 4. The lowest BCUT2D eigenvalue weighted by Gasteiger charge is -2.27. The van der Waals surface area contributed by atoms with E-state index in [1.165, 1.54) is 98.0 Å². The van der Waals surface area contributed by atoms with E-state index >= 15 is 0 Å². The summed E-state index contributed by atoms with van der Waals surface area (Å²) in [6.45, 7) is 4.42. The van der Waals surface area contributed by atoms with Crippen LogP contribution in [0.5, 0.6) is 11.5 Å². The van der Waals surface area contributed by atoms with Crippen molar-refractivity contribution in [3.63, 3.8) is 0 Å². The predicted molar refractivity (Wildman–Crippen MR) is 306 cm³/mol. The van der Waals surface area contributed by atoms with E-state index in [0.29, 0.717) is 0 Å². The van der Waals surface area contributed by atoms with Crippen LogP contribution in [0, 0.1) is 0 Å². The lowest BCUT2D eigenvalue weighted by atomic mass is 9.87. The molecule has 0 aliphatic rings. The second kappa shape index (κ2) is 17.5. The van der Waals surface area contributed by atoms with Crippen molar-refractivity contribution in [3.05, 3.63) is 230 Å². The summed E-state index contributed by atoms with van der Waals surface area (Å²) in [5, 5.41) is 15.1. The SMILES string of the molecule is CCc1ccc(N(c2ccc(OC)cc2)c2ccc3c4c(-c5ccccc5)c5c6cccc7c(N(c8ccc(CC)cc8)c8ccc(OC)cc8)ccc(c5c(-c5ccccc5)c4c4cccc2c43)c76)cc1. The normalized spacial score (nSPS) is 11.7. The van der Waals surface area contributed by atoms with Crippen LogP contribution >= 0.6 is 0 Å². The molecule has 0 spiro atoms. The zero-order valence-electron chi connectivity index (χ0n) is 40.9. The van der Waals surface area contributed by atoms with Crippen LogP contribution in [-0.2, 0) is 12.8 Å². The van der Waals surface area contributed by atoms with Crippen LogP contribution in [0.25, 0.3) is 86.9 Å². The molecule has 346 valence electrons. The van der Waals surface area contributed by atoms with Crippen molar-refractivity contribution in [3.8, 4) is 33.8 Å². The van der Waals surface area contributed by atoms with Crippen LogP contribution in [0.15, 0.2) is 218 Å². The lowest BCUT2D eigenvalue weighted by molar-refractivity contribution is 0.414. The number of anilines is 6. The summed E-state index contributed by atoms with van der Waals surface area (Å²) in [4.78, 5) is 4.81. The molecule has 0 atom stereocenters. The van der Waals surface area contributed by atoms with Crippen molar-refractivity contribution >= 4 is 98.8 Å². The first-order chi connectivity index (χ1) is 35.6. The minimum absolute atomic E-state index is 0.829. The first-order valence-corrected chi connectivity index (χ1v) is 25.1. The minimum Gasteiger partial charge on any atom is -0.497 e. The average Bonchev–Trinajstić information content (AvgIpc) is 3.97. The Morgan fingerprint density at radius 3 is 0.944 bits per heavy atom. The Morgan fingerprint density at radius 1 is 0.292 bits per heavy atom. The monoisotopic (exact) mass is 928 g/mol. The van der Waals surface area contributed by atoms with Gasteiger partial charge in [0, 0.05) is 33.5 Å². The molecule has 0 aromatic heterocycles. The second-order valence-corrected chi connectivity index (χ2v) is 18.8. The first kappa shape index (κ1) is 43.2. The highest BCUT2D eigenvalue weighted by Crippen LogP contribution is 2.57. The Balaban J connectivity index is 1.16. The molecule has 0 aliphatic heterocycles. The van der Waals surface area contributed by atoms with Crippen molar-refractivity contribution in [2.24, 2.45) is 0 Å². The Bertz CT molecular complexity index is 3670. The molecule has 0 heterocycles. The van der Waals surface area contributed by atoms with Crippen molar-refractivity contribution in [2.75, 3.05) is 24.0 Å². The summed E-state index contributed by atoms with van der Waals surface area (Å²) in [7, 11) is 3.45. The van der Waals surface area contributed by atoms with Crippen LogP contribution in [0.1, 0.15) is 25.0 Å². The number of aryl methyl sites for hydroxylation is 2. The molecule has 0 unspecified atom stereocenters. The molecule has 0 amide bonds. The topological polar surface area (TPSA) is 24.9 Å². The highest BCUT2D eigenvalue weighted by atomic mass is 16.5. The molecule has 0 bridgehead atoms. The van der Waals surface area contributed by atoms with E-state index in [9.17, 15) is 0 Å². The van der Waals surface area contributed by atoms with Crippen molar-refractivity contribution < 1.29 is 9.47 Å². The van der Waals surface area contributed by atoms with Gasteiger partial charge in [-0.05, 0) is 185 Å². The first-order valence-electron chi connectivity index (χ1n) is 25.1. The van der Waals surface area contributed by atoms with Gasteiger partial charge in [-0.2, -0.15) is 0 Å². The molecule has 72 heavy (non-hydrogen) atoms. The second-order valence-electron chi connectivity index (χ2n) is 18.8. The Kier molecular flexibility index (Phi) is 10.5. The van der Waals surface area contributed by atoms with Gasteiger partial charge in [0.2, 0.25) is 0 Å². The van der Waals surface area contributed by atoms with Gasteiger partial charge in [-0.15, -0.1) is 0 Å². The quantitative estimate of drug-likeness (QED) is 0.122. The molecule has 4 heteroatoms. The maximum Gasteiger partial charge on any atom is 0.119 e. The van der Waals surface area contributed by atoms with E-state index in [1.807, 2.05) is 0 Å². The summed E-state index contributed by atoms with van der Waals surface area (Å²) < 4.78 is 11.3. The number of rotatable bonds is 12. The predicted octanol–water partition coefficient (Wildman–Crippen LogP) is 18.9. The fourth-order valence-electron chi connectivity index (χ4n) is 11.7. The molecule has 13 rings (SSSR count). The Morgan fingerprint density at radius 2 is 0.611 bits per heavy atom. The van der Waals surface area contributed by atoms with E-state index in [0.717, 1.165) is 58.5 Å². The fraction of sp³-hybridized carbons (Fsp3) is 0.0882. The van der Waals surface area contributed by atoms with Gasteiger partial charge in [-0.1, -0.05) is 147 Å². The van der Waals surface area contributed by atoms with Gasteiger partial charge in [0.05, 0.1) is 25.6 Å². The third-order valence-electron chi connectivity index (χ3n) is 15.1. The maximum atomic E-state index is 5.65. The van der Waals surface area contributed by atoms with E-state index in [1.54, 1.807) is 14.2 Å². The molecular formula is C68H52N2O2. The van der Waals surface area contributed by atoms with E-state index in [2.05, 4.69) is 242 Å². The number of methoxy groups -OCH3 is 2. The van der Waals surface area contributed by atoms with Gasteiger partial charge in [0.15, 0.2) is 0 Å². The number of ether oxygens (including phenoxy) is 2. The van der Waals surface area contributed by atoms with Gasteiger partial charge in [0.25, 0.3) is 0 Å². The number of benzene rings is 11. The molecule has 0 N–H and O–H groups in total. The molecule has 0 aliphatic carbocycles. The molecule has 13 aromatic carbocycles. The fourth-order valence-corrected chi connectivity index (χ4v) is 11.7. The molecular weight excluding hydrogens is 877 g/mol. The smallest absolute Gasteiger partial charge is 0.119 e. The van der Waals surface area contributed by atoms with E-state index < -0.39 is 0 Å². The van der Waals surface area contributed by atoms with E-state index in [4.69, 9.17) is 9.47 Å². The Hall–Kier alpha value is -8.86. The number of fused-ring (bicyclic) bond motifs is 6. The van der Waals surface area contributed by atoms with Crippen molar-refractivity contribution in [1.82, 2.24) is 0 Å². The largest absolute Gasteiger partial charge is 0.497 e. The summed E-state index contributed by atoms with van der Waals surface area (Å²) >= 11 is 0. The third kappa shape index (κ3) is 6.74. The zero-order chi connectivity index (χ0) is 48.5. The van der Waals surface area contributed by atoms with Gasteiger partial charge < -0.3 is 19.3 Å². The number of nitrogens with zero attached hydrogens (tertiary/aromatic N) is 2. The molecule has 13 aromatic rings. The third-order valence-corrected chi connectivity index (χ3v) is 15.1. The summed E-state index contributed by atoms with van der Waals surface area (Å²) in [6, 6.07) is 80.5. The van der Waals surface area contributed by atoms with Crippen LogP contribution in [0.4, 0.5) is 34.1 Å². The maximum absolute atomic E-state index is 5.65. The molecule has 4 nitrogen and oxygen atoms in total. The average molecular weight is 929 g/mol. The number of hydrogen-bond donors (Lipinski definition) is 0. The molecule has 0 radical (unpaired) electrons. The van der Waals surface area contributed by atoms with Crippen LogP contribution in [0.3, 0.4) is 0 Å².